The molecule has 3 aromatic carbocycles. The zero-order chi connectivity index (χ0) is 17.6. The van der Waals surface area contributed by atoms with Crippen LogP contribution in [0.3, 0.4) is 0 Å². The Bertz CT molecular complexity index is 856. The average Bonchev–Trinajstić information content (AvgIpc) is 2.69. The summed E-state index contributed by atoms with van der Waals surface area (Å²) in [7, 11) is 0. The van der Waals surface area contributed by atoms with Gasteiger partial charge in [0.1, 0.15) is 0 Å². The van der Waals surface area contributed by atoms with E-state index in [0.29, 0.717) is 23.2 Å². The van der Waals surface area contributed by atoms with Crippen molar-refractivity contribution in [3.63, 3.8) is 0 Å². The van der Waals surface area contributed by atoms with Crippen LogP contribution in [0.1, 0.15) is 33.2 Å². The molecule has 0 saturated heterocycles. The van der Waals surface area contributed by atoms with Crippen molar-refractivity contribution < 1.29 is 9.59 Å². The molecular weight excluding hydrogens is 310 g/mol. The molecule has 124 valence electrons. The SMILES string of the molecule is CCN(C(=O)c1ccc(C(=O)c2ccccc2)cc1)c1ccccc1. The van der Waals surface area contributed by atoms with Gasteiger partial charge in [-0.15, -0.1) is 0 Å². The Balaban J connectivity index is 1.82. The second-order valence-corrected chi connectivity index (χ2v) is 5.66. The molecule has 3 nitrogen and oxygen atoms in total. The van der Waals surface area contributed by atoms with Crippen LogP contribution in [-0.2, 0) is 0 Å². The first-order chi connectivity index (χ1) is 12.2. The van der Waals surface area contributed by atoms with Crippen molar-refractivity contribution in [1.82, 2.24) is 0 Å². The fourth-order valence-corrected chi connectivity index (χ4v) is 2.73. The van der Waals surface area contributed by atoms with E-state index in [1.807, 2.05) is 55.5 Å². The lowest BCUT2D eigenvalue weighted by molar-refractivity contribution is 0.0985. The van der Waals surface area contributed by atoms with Gasteiger partial charge in [0.05, 0.1) is 0 Å². The molecule has 0 aliphatic heterocycles. The molecule has 0 heterocycles. The highest BCUT2D eigenvalue weighted by Crippen LogP contribution is 2.18. The molecule has 3 aromatic rings. The fraction of sp³-hybridized carbons (Fsp3) is 0.0909. The van der Waals surface area contributed by atoms with Crippen molar-refractivity contribution in [2.24, 2.45) is 0 Å². The van der Waals surface area contributed by atoms with Crippen LogP contribution in [-0.4, -0.2) is 18.2 Å². The summed E-state index contributed by atoms with van der Waals surface area (Å²) in [5, 5.41) is 0. The van der Waals surface area contributed by atoms with Crippen molar-refractivity contribution in [2.45, 2.75) is 6.92 Å². The average molecular weight is 329 g/mol. The van der Waals surface area contributed by atoms with Gasteiger partial charge >= 0.3 is 0 Å². The molecule has 0 N–H and O–H groups in total. The normalized spacial score (nSPS) is 10.3. The van der Waals surface area contributed by atoms with Crippen molar-refractivity contribution in [3.05, 3.63) is 102 Å². The Kier molecular flexibility index (Phi) is 5.05. The molecule has 0 bridgehead atoms. The molecule has 0 saturated carbocycles. The number of hydrogen-bond donors (Lipinski definition) is 0. The van der Waals surface area contributed by atoms with Gasteiger partial charge in [-0.3, -0.25) is 9.59 Å². The van der Waals surface area contributed by atoms with Crippen molar-refractivity contribution in [2.75, 3.05) is 11.4 Å². The quantitative estimate of drug-likeness (QED) is 0.642. The van der Waals surface area contributed by atoms with Gasteiger partial charge in [0.2, 0.25) is 0 Å². The van der Waals surface area contributed by atoms with Gasteiger partial charge in [-0.25, -0.2) is 0 Å². The molecule has 3 heteroatoms. The van der Waals surface area contributed by atoms with Gasteiger partial charge in [0, 0.05) is 28.9 Å². The van der Waals surface area contributed by atoms with E-state index < -0.39 is 0 Å². The second-order valence-electron chi connectivity index (χ2n) is 5.66. The van der Waals surface area contributed by atoms with E-state index in [-0.39, 0.29) is 11.7 Å². The summed E-state index contributed by atoms with van der Waals surface area (Å²) in [6.45, 7) is 2.52. The number of anilines is 1. The Morgan fingerprint density at radius 2 is 1.16 bits per heavy atom. The highest BCUT2D eigenvalue weighted by molar-refractivity contribution is 6.10. The molecule has 3 rings (SSSR count). The third kappa shape index (κ3) is 3.66. The van der Waals surface area contributed by atoms with Gasteiger partial charge in [0.25, 0.3) is 5.91 Å². The number of hydrogen-bond acceptors (Lipinski definition) is 2. The number of nitrogens with zero attached hydrogens (tertiary/aromatic N) is 1. The Labute approximate surface area is 147 Å². The molecule has 0 aliphatic carbocycles. The van der Waals surface area contributed by atoms with Crippen LogP contribution in [0.25, 0.3) is 0 Å². The van der Waals surface area contributed by atoms with Gasteiger partial charge in [-0.2, -0.15) is 0 Å². The van der Waals surface area contributed by atoms with Crippen LogP contribution in [0.4, 0.5) is 5.69 Å². The molecule has 0 radical (unpaired) electrons. The van der Waals surface area contributed by atoms with E-state index in [1.165, 1.54) is 0 Å². The Hall–Kier alpha value is -3.20. The van der Waals surface area contributed by atoms with Crippen LogP contribution >= 0.6 is 0 Å². The number of carbonyl (C=O) groups excluding carboxylic acids is 2. The fourth-order valence-electron chi connectivity index (χ4n) is 2.73. The lowest BCUT2D eigenvalue weighted by atomic mass is 10.0. The van der Waals surface area contributed by atoms with E-state index in [4.69, 9.17) is 0 Å². The van der Waals surface area contributed by atoms with Crippen LogP contribution in [0, 0.1) is 0 Å². The maximum atomic E-state index is 12.8. The summed E-state index contributed by atoms with van der Waals surface area (Å²) in [5.41, 5.74) is 2.64. The number of para-hydroxylation sites is 1. The van der Waals surface area contributed by atoms with Gasteiger partial charge in [0.15, 0.2) is 5.78 Å². The number of rotatable bonds is 5. The summed E-state index contributed by atoms with van der Waals surface area (Å²) in [6, 6.07) is 25.5. The second kappa shape index (κ2) is 7.58. The van der Waals surface area contributed by atoms with Crippen LogP contribution in [0.2, 0.25) is 0 Å². The molecule has 1 amide bonds. The third-order valence-corrected chi connectivity index (χ3v) is 4.06. The summed E-state index contributed by atoms with van der Waals surface area (Å²) in [4.78, 5) is 26.9. The topological polar surface area (TPSA) is 37.4 Å². The van der Waals surface area contributed by atoms with Gasteiger partial charge in [-0.1, -0.05) is 60.7 Å². The molecular formula is C22H19NO2. The molecule has 0 aliphatic rings. The molecule has 0 spiro atoms. The van der Waals surface area contributed by atoms with E-state index >= 15 is 0 Å². The largest absolute Gasteiger partial charge is 0.309 e. The lowest BCUT2D eigenvalue weighted by Crippen LogP contribution is -2.30. The van der Waals surface area contributed by atoms with Gasteiger partial charge in [-0.05, 0) is 31.2 Å². The number of carbonyl (C=O) groups is 2. The van der Waals surface area contributed by atoms with Crippen LogP contribution < -0.4 is 4.90 Å². The minimum absolute atomic E-state index is 0.0463. The smallest absolute Gasteiger partial charge is 0.258 e. The molecule has 0 unspecified atom stereocenters. The lowest BCUT2D eigenvalue weighted by Gasteiger charge is -2.21. The minimum Gasteiger partial charge on any atom is -0.309 e. The maximum absolute atomic E-state index is 12.8. The van der Waals surface area contributed by atoms with Crippen LogP contribution in [0.15, 0.2) is 84.9 Å². The van der Waals surface area contributed by atoms with Gasteiger partial charge < -0.3 is 4.90 Å². The van der Waals surface area contributed by atoms with Crippen molar-refractivity contribution >= 4 is 17.4 Å². The minimum atomic E-state index is -0.0765. The Morgan fingerprint density at radius 1 is 0.680 bits per heavy atom. The summed E-state index contributed by atoms with van der Waals surface area (Å²) in [6.07, 6.45) is 0. The monoisotopic (exact) mass is 329 g/mol. The summed E-state index contributed by atoms with van der Waals surface area (Å²) < 4.78 is 0. The zero-order valence-electron chi connectivity index (χ0n) is 14.1. The third-order valence-electron chi connectivity index (χ3n) is 4.06. The van der Waals surface area contributed by atoms with Crippen LogP contribution in [0.5, 0.6) is 0 Å². The Morgan fingerprint density at radius 3 is 1.72 bits per heavy atom. The molecule has 0 aromatic heterocycles. The number of benzene rings is 3. The zero-order valence-corrected chi connectivity index (χ0v) is 14.1. The highest BCUT2D eigenvalue weighted by atomic mass is 16.2. The van der Waals surface area contributed by atoms with E-state index in [1.54, 1.807) is 41.3 Å². The molecule has 0 fully saturated rings. The summed E-state index contributed by atoms with van der Waals surface area (Å²) >= 11 is 0. The maximum Gasteiger partial charge on any atom is 0.258 e. The number of amides is 1. The van der Waals surface area contributed by atoms with E-state index in [2.05, 4.69) is 0 Å². The van der Waals surface area contributed by atoms with Crippen molar-refractivity contribution in [3.8, 4) is 0 Å². The highest BCUT2D eigenvalue weighted by Gasteiger charge is 2.16. The predicted molar refractivity (Wildman–Crippen MR) is 100 cm³/mol. The summed E-state index contributed by atoms with van der Waals surface area (Å²) in [5.74, 6) is -0.123. The molecule has 0 atom stereocenters. The van der Waals surface area contributed by atoms with Crippen molar-refractivity contribution in [1.29, 1.82) is 0 Å². The number of ketones is 1. The predicted octanol–water partition coefficient (Wildman–Crippen LogP) is 4.58. The first-order valence-corrected chi connectivity index (χ1v) is 8.27. The first-order valence-electron chi connectivity index (χ1n) is 8.27. The van der Waals surface area contributed by atoms with E-state index in [0.717, 1.165) is 5.69 Å². The standard InChI is InChI=1S/C22H19NO2/c1-2-23(20-11-7-4-8-12-20)22(25)19-15-13-18(14-16-19)21(24)17-9-5-3-6-10-17/h3-16H,2H2,1H3. The molecule has 25 heavy (non-hydrogen) atoms. The van der Waals surface area contributed by atoms with E-state index in [9.17, 15) is 9.59 Å². The first kappa shape index (κ1) is 16.7.